The molecule has 0 aromatic carbocycles. The standard InChI is InChI=1S/C18H36O/c1-3-5-7-8-9-10-11-12-13-14-15-17-18(19)16-6-4-2/h3,18-19H,1,4-17H2,2H3/t18-/m0/s1. The Morgan fingerprint density at radius 2 is 1.26 bits per heavy atom. The van der Waals surface area contributed by atoms with E-state index < -0.39 is 0 Å². The van der Waals surface area contributed by atoms with Gasteiger partial charge in [-0.05, 0) is 25.7 Å². The zero-order chi connectivity index (χ0) is 14.2. The van der Waals surface area contributed by atoms with Crippen LogP contribution in [0.3, 0.4) is 0 Å². The first-order chi connectivity index (χ1) is 9.31. The van der Waals surface area contributed by atoms with E-state index in [1.807, 2.05) is 6.08 Å². The van der Waals surface area contributed by atoms with Crippen molar-refractivity contribution in [1.82, 2.24) is 0 Å². The number of allylic oxidation sites excluding steroid dienone is 1. The maximum atomic E-state index is 9.72. The van der Waals surface area contributed by atoms with Crippen LogP contribution in [-0.4, -0.2) is 11.2 Å². The van der Waals surface area contributed by atoms with Gasteiger partial charge in [-0.15, -0.1) is 6.58 Å². The predicted octanol–water partition coefficient (Wildman–Crippen LogP) is 6.01. The molecule has 0 unspecified atom stereocenters. The van der Waals surface area contributed by atoms with Gasteiger partial charge in [0, 0.05) is 0 Å². The van der Waals surface area contributed by atoms with Crippen LogP contribution < -0.4 is 0 Å². The molecule has 0 aliphatic heterocycles. The smallest absolute Gasteiger partial charge is 0.0540 e. The van der Waals surface area contributed by atoms with E-state index in [1.54, 1.807) is 0 Å². The highest BCUT2D eigenvalue weighted by atomic mass is 16.3. The molecule has 1 nitrogen and oxygen atoms in total. The van der Waals surface area contributed by atoms with Crippen molar-refractivity contribution in [2.75, 3.05) is 0 Å². The van der Waals surface area contributed by atoms with Crippen LogP contribution in [0.2, 0.25) is 0 Å². The van der Waals surface area contributed by atoms with Gasteiger partial charge in [0.1, 0.15) is 0 Å². The van der Waals surface area contributed by atoms with Crippen molar-refractivity contribution in [1.29, 1.82) is 0 Å². The summed E-state index contributed by atoms with van der Waals surface area (Å²) in [7, 11) is 0. The Morgan fingerprint density at radius 1 is 0.789 bits per heavy atom. The van der Waals surface area contributed by atoms with Crippen LogP contribution in [0.25, 0.3) is 0 Å². The minimum absolute atomic E-state index is 0.0372. The van der Waals surface area contributed by atoms with Gasteiger partial charge in [0.15, 0.2) is 0 Å². The lowest BCUT2D eigenvalue weighted by Gasteiger charge is -2.09. The van der Waals surface area contributed by atoms with Crippen molar-refractivity contribution in [2.24, 2.45) is 0 Å². The van der Waals surface area contributed by atoms with E-state index in [2.05, 4.69) is 13.5 Å². The van der Waals surface area contributed by atoms with Crippen molar-refractivity contribution < 1.29 is 5.11 Å². The summed E-state index contributed by atoms with van der Waals surface area (Å²) in [4.78, 5) is 0. The average Bonchev–Trinajstić information content (AvgIpc) is 2.42. The van der Waals surface area contributed by atoms with Crippen LogP contribution in [0.15, 0.2) is 12.7 Å². The Kier molecular flexibility index (Phi) is 15.5. The molecular weight excluding hydrogens is 232 g/mol. The van der Waals surface area contributed by atoms with Gasteiger partial charge in [0.2, 0.25) is 0 Å². The van der Waals surface area contributed by atoms with Crippen LogP contribution in [0, 0.1) is 0 Å². The van der Waals surface area contributed by atoms with Gasteiger partial charge in [-0.1, -0.05) is 77.2 Å². The van der Waals surface area contributed by atoms with Crippen LogP contribution >= 0.6 is 0 Å². The molecule has 1 atom stereocenters. The highest BCUT2D eigenvalue weighted by Crippen LogP contribution is 2.13. The minimum atomic E-state index is -0.0372. The summed E-state index contributed by atoms with van der Waals surface area (Å²) < 4.78 is 0. The molecule has 0 rings (SSSR count). The molecule has 0 saturated heterocycles. The van der Waals surface area contributed by atoms with Crippen molar-refractivity contribution in [2.45, 2.75) is 103 Å². The minimum Gasteiger partial charge on any atom is -0.393 e. The first-order valence-electron chi connectivity index (χ1n) is 8.60. The third-order valence-electron chi connectivity index (χ3n) is 3.84. The van der Waals surface area contributed by atoms with E-state index in [-0.39, 0.29) is 6.10 Å². The lowest BCUT2D eigenvalue weighted by atomic mass is 10.0. The van der Waals surface area contributed by atoms with Crippen molar-refractivity contribution in [3.63, 3.8) is 0 Å². The zero-order valence-electron chi connectivity index (χ0n) is 13.2. The van der Waals surface area contributed by atoms with Gasteiger partial charge in [-0.2, -0.15) is 0 Å². The molecule has 0 saturated carbocycles. The molecule has 0 aromatic heterocycles. The fourth-order valence-corrected chi connectivity index (χ4v) is 2.49. The highest BCUT2D eigenvalue weighted by Gasteiger charge is 2.02. The molecule has 0 fully saturated rings. The Balaban J connectivity index is 3.04. The molecule has 114 valence electrons. The molecule has 0 heterocycles. The Morgan fingerprint density at radius 3 is 1.79 bits per heavy atom. The monoisotopic (exact) mass is 268 g/mol. The maximum Gasteiger partial charge on any atom is 0.0540 e. The summed E-state index contributed by atoms with van der Waals surface area (Å²) in [5.41, 5.74) is 0. The van der Waals surface area contributed by atoms with Crippen LogP contribution in [0.1, 0.15) is 96.8 Å². The highest BCUT2D eigenvalue weighted by molar-refractivity contribution is 4.65. The topological polar surface area (TPSA) is 20.2 Å². The fraction of sp³-hybridized carbons (Fsp3) is 0.889. The van der Waals surface area contributed by atoms with E-state index in [9.17, 15) is 5.11 Å². The number of hydrogen-bond acceptors (Lipinski definition) is 1. The Labute approximate surface area is 121 Å². The number of hydrogen-bond donors (Lipinski definition) is 1. The molecule has 1 N–H and O–H groups in total. The Bertz CT molecular complexity index is 177. The summed E-state index contributed by atoms with van der Waals surface area (Å²) in [6, 6.07) is 0. The van der Waals surface area contributed by atoms with Gasteiger partial charge in [-0.25, -0.2) is 0 Å². The summed E-state index contributed by atoms with van der Waals surface area (Å²) in [6.45, 7) is 5.93. The van der Waals surface area contributed by atoms with E-state index in [4.69, 9.17) is 0 Å². The largest absolute Gasteiger partial charge is 0.393 e. The van der Waals surface area contributed by atoms with Gasteiger partial charge in [0.25, 0.3) is 0 Å². The number of rotatable bonds is 15. The SMILES string of the molecule is C=CCCCCCCCCCCC[C@@H](O)CCCC. The summed E-state index contributed by atoms with van der Waals surface area (Å²) in [5.74, 6) is 0. The maximum absolute atomic E-state index is 9.72. The van der Waals surface area contributed by atoms with Gasteiger partial charge >= 0.3 is 0 Å². The van der Waals surface area contributed by atoms with Gasteiger partial charge < -0.3 is 5.11 Å². The second-order valence-electron chi connectivity index (χ2n) is 5.84. The second-order valence-corrected chi connectivity index (χ2v) is 5.84. The lowest BCUT2D eigenvalue weighted by molar-refractivity contribution is 0.148. The second kappa shape index (κ2) is 15.8. The first-order valence-corrected chi connectivity index (χ1v) is 8.60. The summed E-state index contributed by atoms with van der Waals surface area (Å²) in [5, 5.41) is 9.72. The molecule has 0 amide bonds. The van der Waals surface area contributed by atoms with E-state index >= 15 is 0 Å². The van der Waals surface area contributed by atoms with Crippen molar-refractivity contribution in [3.05, 3.63) is 12.7 Å². The van der Waals surface area contributed by atoms with Crippen LogP contribution in [0.5, 0.6) is 0 Å². The van der Waals surface area contributed by atoms with Crippen LogP contribution in [0.4, 0.5) is 0 Å². The van der Waals surface area contributed by atoms with E-state index in [1.165, 1.54) is 77.0 Å². The normalized spacial score (nSPS) is 12.5. The van der Waals surface area contributed by atoms with Crippen molar-refractivity contribution >= 4 is 0 Å². The molecule has 0 radical (unpaired) electrons. The predicted molar refractivity (Wildman–Crippen MR) is 86.5 cm³/mol. The summed E-state index contributed by atoms with van der Waals surface area (Å²) >= 11 is 0. The molecule has 1 heteroatoms. The average molecular weight is 268 g/mol. The lowest BCUT2D eigenvalue weighted by Crippen LogP contribution is -2.05. The molecule has 0 spiro atoms. The molecule has 0 bridgehead atoms. The quantitative estimate of drug-likeness (QED) is 0.284. The third-order valence-corrected chi connectivity index (χ3v) is 3.84. The molecule has 0 aliphatic carbocycles. The number of unbranched alkanes of at least 4 members (excludes halogenated alkanes) is 10. The van der Waals surface area contributed by atoms with Gasteiger partial charge in [-0.3, -0.25) is 0 Å². The Hall–Kier alpha value is -0.300. The number of aliphatic hydroxyl groups is 1. The van der Waals surface area contributed by atoms with E-state index in [0.29, 0.717) is 0 Å². The summed E-state index contributed by atoms with van der Waals surface area (Å²) in [6.07, 6.45) is 19.7. The zero-order valence-corrected chi connectivity index (χ0v) is 13.2. The van der Waals surface area contributed by atoms with Gasteiger partial charge in [0.05, 0.1) is 6.10 Å². The van der Waals surface area contributed by atoms with Crippen LogP contribution in [-0.2, 0) is 0 Å². The molecule has 0 aliphatic rings. The van der Waals surface area contributed by atoms with Crippen molar-refractivity contribution in [3.8, 4) is 0 Å². The molecule has 19 heavy (non-hydrogen) atoms. The number of aliphatic hydroxyl groups excluding tert-OH is 1. The molecular formula is C18H36O. The fourth-order valence-electron chi connectivity index (χ4n) is 2.49. The third kappa shape index (κ3) is 15.6. The first kappa shape index (κ1) is 18.7. The molecule has 0 aromatic rings. The van der Waals surface area contributed by atoms with E-state index in [0.717, 1.165) is 12.8 Å².